The Morgan fingerprint density at radius 3 is 2.90 bits per heavy atom. The quantitative estimate of drug-likeness (QED) is 0.754. The molecule has 3 nitrogen and oxygen atoms in total. The molecule has 0 saturated heterocycles. The molecular weight excluding hydrogens is 298 g/mol. The highest BCUT2D eigenvalue weighted by molar-refractivity contribution is 7.98. The van der Waals surface area contributed by atoms with Crippen molar-refractivity contribution < 1.29 is 0 Å². The van der Waals surface area contributed by atoms with Gasteiger partial charge in [0.15, 0.2) is 0 Å². The van der Waals surface area contributed by atoms with Gasteiger partial charge in [0.25, 0.3) is 0 Å². The molecule has 0 saturated carbocycles. The molecule has 21 heavy (non-hydrogen) atoms. The molecule has 0 aliphatic heterocycles. The van der Waals surface area contributed by atoms with Crippen molar-refractivity contribution in [2.24, 2.45) is 0 Å². The van der Waals surface area contributed by atoms with E-state index in [0.29, 0.717) is 0 Å². The summed E-state index contributed by atoms with van der Waals surface area (Å²) in [6, 6.07) is 0. The molecular formula is C16H23N3S2. The van der Waals surface area contributed by atoms with Gasteiger partial charge in [-0.1, -0.05) is 13.8 Å². The van der Waals surface area contributed by atoms with Crippen molar-refractivity contribution in [3.63, 3.8) is 0 Å². The van der Waals surface area contributed by atoms with Crippen LogP contribution in [0, 0.1) is 0 Å². The number of hydrogen-bond acceptors (Lipinski definition) is 5. The lowest BCUT2D eigenvalue weighted by Crippen LogP contribution is -2.06. The Kier molecular flexibility index (Phi) is 5.01. The molecule has 1 aliphatic rings. The van der Waals surface area contributed by atoms with E-state index in [9.17, 15) is 0 Å². The molecule has 0 unspecified atom stereocenters. The second kappa shape index (κ2) is 6.97. The third kappa shape index (κ3) is 3.19. The SMILES string of the molecule is CCCNc1nc(CSCCC)nc2sc3c(c12)CCC3. The maximum absolute atomic E-state index is 4.83. The van der Waals surface area contributed by atoms with Crippen LogP contribution in [-0.4, -0.2) is 22.3 Å². The topological polar surface area (TPSA) is 37.8 Å². The number of nitrogens with one attached hydrogen (secondary N) is 1. The van der Waals surface area contributed by atoms with Gasteiger partial charge in [0, 0.05) is 11.4 Å². The van der Waals surface area contributed by atoms with E-state index < -0.39 is 0 Å². The van der Waals surface area contributed by atoms with Crippen LogP contribution < -0.4 is 5.32 Å². The van der Waals surface area contributed by atoms with E-state index in [2.05, 4.69) is 19.2 Å². The van der Waals surface area contributed by atoms with Gasteiger partial charge >= 0.3 is 0 Å². The fraction of sp³-hybridized carbons (Fsp3) is 0.625. The lowest BCUT2D eigenvalue weighted by Gasteiger charge is -2.09. The van der Waals surface area contributed by atoms with Gasteiger partial charge in [0.1, 0.15) is 16.5 Å². The third-order valence-electron chi connectivity index (χ3n) is 3.73. The average molecular weight is 322 g/mol. The van der Waals surface area contributed by atoms with E-state index in [1.165, 1.54) is 52.1 Å². The number of aromatic nitrogens is 2. The van der Waals surface area contributed by atoms with Crippen LogP contribution in [0.4, 0.5) is 5.82 Å². The van der Waals surface area contributed by atoms with Gasteiger partial charge in [-0.2, -0.15) is 11.8 Å². The lowest BCUT2D eigenvalue weighted by molar-refractivity contribution is 0.915. The van der Waals surface area contributed by atoms with E-state index in [0.717, 1.165) is 30.4 Å². The summed E-state index contributed by atoms with van der Waals surface area (Å²) in [6.07, 6.45) is 6.05. The minimum atomic E-state index is 0.924. The summed E-state index contributed by atoms with van der Waals surface area (Å²) in [5.41, 5.74) is 1.52. The standard InChI is InChI=1S/C16H23N3S2/c1-3-8-17-15-14-11-6-5-7-12(11)21-16(14)19-13(18-15)10-20-9-4-2/h3-10H2,1-2H3,(H,17,18,19). The number of aryl methyl sites for hydroxylation is 2. The Morgan fingerprint density at radius 1 is 1.19 bits per heavy atom. The highest BCUT2D eigenvalue weighted by Crippen LogP contribution is 2.39. The second-order valence-corrected chi connectivity index (χ2v) is 7.69. The molecule has 5 heteroatoms. The molecule has 1 aliphatic carbocycles. The number of hydrogen-bond donors (Lipinski definition) is 1. The molecule has 0 atom stereocenters. The molecule has 0 amide bonds. The zero-order valence-electron chi connectivity index (χ0n) is 12.9. The molecule has 2 aromatic rings. The zero-order valence-corrected chi connectivity index (χ0v) is 14.5. The van der Waals surface area contributed by atoms with Crippen LogP contribution >= 0.6 is 23.1 Å². The molecule has 0 spiro atoms. The predicted molar refractivity (Wildman–Crippen MR) is 94.7 cm³/mol. The largest absolute Gasteiger partial charge is 0.369 e. The summed E-state index contributed by atoms with van der Waals surface area (Å²) in [6.45, 7) is 5.40. The van der Waals surface area contributed by atoms with Crippen LogP contribution in [0.25, 0.3) is 10.2 Å². The van der Waals surface area contributed by atoms with Crippen LogP contribution in [0.15, 0.2) is 0 Å². The first-order chi connectivity index (χ1) is 10.3. The highest BCUT2D eigenvalue weighted by atomic mass is 32.2. The minimum absolute atomic E-state index is 0.924. The smallest absolute Gasteiger partial charge is 0.142 e. The number of thioether (sulfide) groups is 1. The maximum atomic E-state index is 4.83. The van der Waals surface area contributed by atoms with Crippen molar-refractivity contribution in [1.29, 1.82) is 0 Å². The van der Waals surface area contributed by atoms with E-state index in [1.807, 2.05) is 23.1 Å². The normalized spacial score (nSPS) is 13.8. The van der Waals surface area contributed by atoms with Crippen LogP contribution in [0.2, 0.25) is 0 Å². The van der Waals surface area contributed by atoms with Gasteiger partial charge in [-0.15, -0.1) is 11.3 Å². The Bertz CT molecular complexity index is 621. The number of fused-ring (bicyclic) bond motifs is 3. The van der Waals surface area contributed by atoms with Crippen LogP contribution in [-0.2, 0) is 18.6 Å². The van der Waals surface area contributed by atoms with Crippen molar-refractivity contribution in [1.82, 2.24) is 9.97 Å². The molecule has 2 heterocycles. The van der Waals surface area contributed by atoms with Crippen molar-refractivity contribution in [2.75, 3.05) is 17.6 Å². The molecule has 0 aromatic carbocycles. The van der Waals surface area contributed by atoms with Crippen LogP contribution in [0.1, 0.15) is 49.4 Å². The highest BCUT2D eigenvalue weighted by Gasteiger charge is 2.22. The second-order valence-electron chi connectivity index (χ2n) is 5.51. The first-order valence-corrected chi connectivity index (χ1v) is 9.93. The number of anilines is 1. The Balaban J connectivity index is 1.96. The van der Waals surface area contributed by atoms with Crippen LogP contribution in [0.3, 0.4) is 0 Å². The van der Waals surface area contributed by atoms with Crippen LogP contribution in [0.5, 0.6) is 0 Å². The summed E-state index contributed by atoms with van der Waals surface area (Å²) >= 11 is 3.82. The zero-order chi connectivity index (χ0) is 14.7. The summed E-state index contributed by atoms with van der Waals surface area (Å²) in [7, 11) is 0. The summed E-state index contributed by atoms with van der Waals surface area (Å²) < 4.78 is 0. The fourth-order valence-electron chi connectivity index (χ4n) is 2.78. The molecule has 2 aromatic heterocycles. The van der Waals surface area contributed by atoms with E-state index in [1.54, 1.807) is 0 Å². The predicted octanol–water partition coefficient (Wildman–Crippen LogP) is 4.65. The van der Waals surface area contributed by atoms with Crippen molar-refractivity contribution in [3.05, 3.63) is 16.3 Å². The van der Waals surface area contributed by atoms with Gasteiger partial charge in [-0.3, -0.25) is 0 Å². The van der Waals surface area contributed by atoms with Gasteiger partial charge < -0.3 is 5.32 Å². The Morgan fingerprint density at radius 2 is 2.10 bits per heavy atom. The molecule has 0 radical (unpaired) electrons. The molecule has 0 fully saturated rings. The van der Waals surface area contributed by atoms with Gasteiger partial charge in [-0.25, -0.2) is 9.97 Å². The average Bonchev–Trinajstić information content (AvgIpc) is 3.05. The van der Waals surface area contributed by atoms with Gasteiger partial charge in [0.2, 0.25) is 0 Å². The first-order valence-electron chi connectivity index (χ1n) is 7.96. The Hall–Kier alpha value is -0.810. The van der Waals surface area contributed by atoms with Crippen molar-refractivity contribution in [3.8, 4) is 0 Å². The molecule has 3 rings (SSSR count). The monoisotopic (exact) mass is 321 g/mol. The number of thiophene rings is 1. The maximum Gasteiger partial charge on any atom is 0.142 e. The Labute approximate surface area is 135 Å². The van der Waals surface area contributed by atoms with Crippen molar-refractivity contribution >= 4 is 39.1 Å². The third-order valence-corrected chi connectivity index (χ3v) is 6.08. The summed E-state index contributed by atoms with van der Waals surface area (Å²) in [5, 5.41) is 4.84. The lowest BCUT2D eigenvalue weighted by atomic mass is 10.2. The minimum Gasteiger partial charge on any atom is -0.369 e. The first kappa shape index (κ1) is 15.1. The van der Waals surface area contributed by atoms with Gasteiger partial charge in [-0.05, 0) is 43.4 Å². The van der Waals surface area contributed by atoms with Crippen molar-refractivity contribution in [2.45, 2.75) is 51.7 Å². The molecule has 0 bridgehead atoms. The molecule has 1 N–H and O–H groups in total. The van der Waals surface area contributed by atoms with Gasteiger partial charge in [0.05, 0.1) is 11.1 Å². The van der Waals surface area contributed by atoms with E-state index in [4.69, 9.17) is 9.97 Å². The molecule has 114 valence electrons. The van der Waals surface area contributed by atoms with E-state index in [-0.39, 0.29) is 0 Å². The number of rotatable bonds is 7. The number of nitrogens with zero attached hydrogens (tertiary/aromatic N) is 2. The summed E-state index contributed by atoms with van der Waals surface area (Å²) in [5.74, 6) is 4.17. The van der Waals surface area contributed by atoms with E-state index >= 15 is 0 Å². The fourth-order valence-corrected chi connectivity index (χ4v) is 4.81. The summed E-state index contributed by atoms with van der Waals surface area (Å²) in [4.78, 5) is 12.4.